The molecule has 0 saturated heterocycles. The third-order valence-electron chi connectivity index (χ3n) is 2.91. The van der Waals surface area contributed by atoms with Gasteiger partial charge in [-0.2, -0.15) is 13.2 Å². The van der Waals surface area contributed by atoms with E-state index in [9.17, 15) is 22.8 Å². The van der Waals surface area contributed by atoms with Crippen LogP contribution in [0.15, 0.2) is 54.6 Å². The number of amides is 2. The SMILES string of the molecule is O=C(Cc1ccccc1)Nc1ccccc1NC(=O)C(F)(F)F. The number of anilines is 2. The molecule has 0 bridgehead atoms. The Morgan fingerprint density at radius 1 is 0.826 bits per heavy atom. The molecule has 0 heterocycles. The van der Waals surface area contributed by atoms with Gasteiger partial charge in [0, 0.05) is 0 Å². The van der Waals surface area contributed by atoms with Crippen LogP contribution in [0.1, 0.15) is 5.56 Å². The molecular formula is C16H13F3N2O2. The van der Waals surface area contributed by atoms with Crippen LogP contribution in [0.4, 0.5) is 24.5 Å². The van der Waals surface area contributed by atoms with Gasteiger partial charge in [0.15, 0.2) is 0 Å². The summed E-state index contributed by atoms with van der Waals surface area (Å²) in [6, 6.07) is 14.6. The van der Waals surface area contributed by atoms with Gasteiger partial charge in [0.1, 0.15) is 0 Å². The van der Waals surface area contributed by atoms with E-state index in [2.05, 4.69) is 5.32 Å². The van der Waals surface area contributed by atoms with Crippen LogP contribution < -0.4 is 10.6 Å². The minimum Gasteiger partial charge on any atom is -0.324 e. The van der Waals surface area contributed by atoms with Crippen molar-refractivity contribution in [1.82, 2.24) is 0 Å². The summed E-state index contributed by atoms with van der Waals surface area (Å²) in [5.74, 6) is -2.49. The maximum Gasteiger partial charge on any atom is 0.471 e. The molecule has 2 amide bonds. The summed E-state index contributed by atoms with van der Waals surface area (Å²) >= 11 is 0. The van der Waals surface area contributed by atoms with Gasteiger partial charge in [-0.3, -0.25) is 9.59 Å². The standard InChI is InChI=1S/C16H13F3N2O2/c17-16(18,19)15(23)21-13-9-5-4-8-12(13)20-14(22)10-11-6-2-1-3-7-11/h1-9H,10H2,(H,20,22)(H,21,23). The number of halogens is 3. The van der Waals surface area contributed by atoms with Crippen molar-refractivity contribution in [3.05, 3.63) is 60.2 Å². The Hall–Kier alpha value is -2.83. The lowest BCUT2D eigenvalue weighted by atomic mass is 10.1. The van der Waals surface area contributed by atoms with Crippen molar-refractivity contribution in [2.75, 3.05) is 10.6 Å². The molecule has 0 unspecified atom stereocenters. The third kappa shape index (κ3) is 4.84. The van der Waals surface area contributed by atoms with E-state index in [1.165, 1.54) is 18.2 Å². The monoisotopic (exact) mass is 322 g/mol. The highest BCUT2D eigenvalue weighted by Gasteiger charge is 2.39. The Balaban J connectivity index is 2.08. The molecule has 0 spiro atoms. The molecule has 120 valence electrons. The summed E-state index contributed by atoms with van der Waals surface area (Å²) in [7, 11) is 0. The van der Waals surface area contributed by atoms with Crippen LogP contribution in [-0.4, -0.2) is 18.0 Å². The first kappa shape index (κ1) is 16.5. The van der Waals surface area contributed by atoms with Crippen molar-refractivity contribution in [1.29, 1.82) is 0 Å². The Morgan fingerprint density at radius 3 is 1.91 bits per heavy atom. The largest absolute Gasteiger partial charge is 0.471 e. The molecule has 0 atom stereocenters. The lowest BCUT2D eigenvalue weighted by Crippen LogP contribution is -2.30. The number of rotatable bonds is 4. The summed E-state index contributed by atoms with van der Waals surface area (Å²) in [6.45, 7) is 0. The van der Waals surface area contributed by atoms with Gasteiger partial charge in [-0.15, -0.1) is 0 Å². The van der Waals surface area contributed by atoms with E-state index in [0.717, 1.165) is 5.56 Å². The third-order valence-corrected chi connectivity index (χ3v) is 2.91. The van der Waals surface area contributed by atoms with Gasteiger partial charge >= 0.3 is 12.1 Å². The van der Waals surface area contributed by atoms with E-state index in [1.54, 1.807) is 35.6 Å². The quantitative estimate of drug-likeness (QED) is 0.907. The van der Waals surface area contributed by atoms with Crippen molar-refractivity contribution in [3.63, 3.8) is 0 Å². The average Bonchev–Trinajstić information content (AvgIpc) is 2.49. The van der Waals surface area contributed by atoms with E-state index in [1.807, 2.05) is 6.07 Å². The Kier molecular flexibility index (Phi) is 5.00. The molecule has 2 aromatic carbocycles. The minimum atomic E-state index is -5.00. The fourth-order valence-corrected chi connectivity index (χ4v) is 1.87. The maximum absolute atomic E-state index is 12.3. The lowest BCUT2D eigenvalue weighted by Gasteiger charge is -2.13. The summed E-state index contributed by atoms with van der Waals surface area (Å²) in [4.78, 5) is 23.0. The first-order valence-electron chi connectivity index (χ1n) is 6.67. The predicted molar refractivity (Wildman–Crippen MR) is 79.9 cm³/mol. The van der Waals surface area contributed by atoms with Gasteiger partial charge in [-0.1, -0.05) is 42.5 Å². The highest BCUT2D eigenvalue weighted by Crippen LogP contribution is 2.24. The second-order valence-electron chi connectivity index (χ2n) is 4.71. The minimum absolute atomic E-state index is 0.0718. The van der Waals surface area contributed by atoms with E-state index < -0.39 is 18.0 Å². The average molecular weight is 322 g/mol. The van der Waals surface area contributed by atoms with Crippen LogP contribution in [0.25, 0.3) is 0 Å². The van der Waals surface area contributed by atoms with E-state index in [4.69, 9.17) is 0 Å². The second-order valence-corrected chi connectivity index (χ2v) is 4.71. The number of carbonyl (C=O) groups is 2. The molecule has 2 aromatic rings. The van der Waals surface area contributed by atoms with E-state index >= 15 is 0 Å². The van der Waals surface area contributed by atoms with Gasteiger partial charge in [0.25, 0.3) is 0 Å². The van der Waals surface area contributed by atoms with Crippen LogP contribution in [-0.2, 0) is 16.0 Å². The van der Waals surface area contributed by atoms with Crippen LogP contribution in [0.5, 0.6) is 0 Å². The molecule has 7 heteroatoms. The second kappa shape index (κ2) is 6.95. The predicted octanol–water partition coefficient (Wildman–Crippen LogP) is 3.37. The first-order chi connectivity index (χ1) is 10.9. The zero-order valence-electron chi connectivity index (χ0n) is 11.9. The summed E-state index contributed by atoms with van der Waals surface area (Å²) < 4.78 is 37.0. The molecule has 0 aliphatic carbocycles. The number of nitrogens with one attached hydrogen (secondary N) is 2. The van der Waals surface area contributed by atoms with Gasteiger partial charge in [0.2, 0.25) is 5.91 Å². The Labute approximate surface area is 130 Å². The van der Waals surface area contributed by atoms with Crippen LogP contribution >= 0.6 is 0 Å². The van der Waals surface area contributed by atoms with Crippen molar-refractivity contribution in [2.45, 2.75) is 12.6 Å². The first-order valence-corrected chi connectivity index (χ1v) is 6.67. The number of carbonyl (C=O) groups excluding carboxylic acids is 2. The fraction of sp³-hybridized carbons (Fsp3) is 0.125. The number of benzene rings is 2. The summed E-state index contributed by atoms with van der Waals surface area (Å²) in [5.41, 5.74) is 0.754. The van der Waals surface area contributed by atoms with Gasteiger partial charge in [-0.25, -0.2) is 0 Å². The zero-order valence-corrected chi connectivity index (χ0v) is 11.9. The van der Waals surface area contributed by atoms with E-state index in [-0.39, 0.29) is 17.8 Å². The Morgan fingerprint density at radius 2 is 1.35 bits per heavy atom. The van der Waals surface area contributed by atoms with Crippen LogP contribution in [0, 0.1) is 0 Å². The molecule has 23 heavy (non-hydrogen) atoms. The van der Waals surface area contributed by atoms with Crippen molar-refractivity contribution in [2.24, 2.45) is 0 Å². The molecule has 0 aromatic heterocycles. The van der Waals surface area contributed by atoms with Crippen molar-refractivity contribution >= 4 is 23.2 Å². The molecule has 0 fully saturated rings. The molecule has 0 saturated carbocycles. The molecule has 2 rings (SSSR count). The van der Waals surface area contributed by atoms with Crippen LogP contribution in [0.3, 0.4) is 0 Å². The molecule has 0 aliphatic heterocycles. The van der Waals surface area contributed by atoms with Crippen LogP contribution in [0.2, 0.25) is 0 Å². The summed E-state index contributed by atoms with van der Waals surface area (Å²) in [5, 5.41) is 4.24. The van der Waals surface area contributed by atoms with Crippen molar-refractivity contribution in [3.8, 4) is 0 Å². The summed E-state index contributed by atoms with van der Waals surface area (Å²) in [6.07, 6.45) is -4.93. The molecule has 0 aliphatic rings. The number of hydrogen-bond acceptors (Lipinski definition) is 2. The maximum atomic E-state index is 12.3. The number of para-hydroxylation sites is 2. The number of hydrogen-bond donors (Lipinski definition) is 2. The normalized spacial score (nSPS) is 10.9. The molecule has 4 nitrogen and oxygen atoms in total. The van der Waals surface area contributed by atoms with Gasteiger partial charge in [-0.05, 0) is 17.7 Å². The molecule has 2 N–H and O–H groups in total. The van der Waals surface area contributed by atoms with Gasteiger partial charge < -0.3 is 10.6 Å². The van der Waals surface area contributed by atoms with Gasteiger partial charge in [0.05, 0.1) is 17.8 Å². The molecule has 0 radical (unpaired) electrons. The lowest BCUT2D eigenvalue weighted by molar-refractivity contribution is -0.167. The van der Waals surface area contributed by atoms with Crippen molar-refractivity contribution < 1.29 is 22.8 Å². The highest BCUT2D eigenvalue weighted by molar-refractivity contribution is 6.01. The highest BCUT2D eigenvalue weighted by atomic mass is 19.4. The smallest absolute Gasteiger partial charge is 0.324 e. The Bertz CT molecular complexity index is 700. The fourth-order valence-electron chi connectivity index (χ4n) is 1.87. The topological polar surface area (TPSA) is 58.2 Å². The van der Waals surface area contributed by atoms with E-state index in [0.29, 0.717) is 0 Å². The molecular weight excluding hydrogens is 309 g/mol. The zero-order chi connectivity index (χ0) is 16.9. The number of alkyl halides is 3.